The van der Waals surface area contributed by atoms with E-state index in [1.807, 2.05) is 43.3 Å². The molecule has 158 valence electrons. The summed E-state index contributed by atoms with van der Waals surface area (Å²) in [6, 6.07) is 16.6. The van der Waals surface area contributed by atoms with Gasteiger partial charge in [0.2, 0.25) is 0 Å². The number of benzene rings is 2. The summed E-state index contributed by atoms with van der Waals surface area (Å²) in [7, 11) is 0. The van der Waals surface area contributed by atoms with E-state index in [1.165, 1.54) is 43.2 Å². The van der Waals surface area contributed by atoms with Crippen LogP contribution in [0, 0.1) is 30.6 Å². The van der Waals surface area contributed by atoms with Crippen molar-refractivity contribution in [2.75, 3.05) is 11.9 Å². The molecule has 30 heavy (non-hydrogen) atoms. The summed E-state index contributed by atoms with van der Waals surface area (Å²) in [5.74, 6) is 4.38. The second kappa shape index (κ2) is 8.43. The molecular formula is C26H32N2O2. The van der Waals surface area contributed by atoms with E-state index in [0.717, 1.165) is 41.7 Å². The summed E-state index contributed by atoms with van der Waals surface area (Å²) in [4.78, 5) is 12.2. The fraction of sp³-hybridized carbons (Fsp3) is 0.500. The molecule has 2 N–H and O–H groups in total. The van der Waals surface area contributed by atoms with Gasteiger partial charge in [0.1, 0.15) is 5.75 Å². The van der Waals surface area contributed by atoms with Crippen LogP contribution in [-0.2, 0) is 11.3 Å². The number of amides is 1. The van der Waals surface area contributed by atoms with Crippen LogP contribution in [0.15, 0.2) is 48.5 Å². The van der Waals surface area contributed by atoms with E-state index in [0.29, 0.717) is 6.04 Å². The molecule has 0 radical (unpaired) electrons. The lowest BCUT2D eigenvalue weighted by Gasteiger charge is -2.54. The van der Waals surface area contributed by atoms with Gasteiger partial charge in [0.25, 0.3) is 5.91 Å². The van der Waals surface area contributed by atoms with Crippen LogP contribution in [0.3, 0.4) is 0 Å². The summed E-state index contributed by atoms with van der Waals surface area (Å²) >= 11 is 0. The van der Waals surface area contributed by atoms with Crippen LogP contribution in [0.4, 0.5) is 5.69 Å². The summed E-state index contributed by atoms with van der Waals surface area (Å²) in [6.45, 7) is 2.92. The molecule has 0 unspecified atom stereocenters. The van der Waals surface area contributed by atoms with E-state index in [9.17, 15) is 4.79 Å². The molecule has 0 spiro atoms. The van der Waals surface area contributed by atoms with E-state index in [2.05, 4.69) is 22.8 Å². The first-order valence-electron chi connectivity index (χ1n) is 11.4. The Morgan fingerprint density at radius 2 is 1.67 bits per heavy atom. The molecule has 4 aliphatic carbocycles. The SMILES string of the molecule is Cc1ccc(NC(=O)COc2cccc(CNC3C4CC5CC(C4)CC3C5)c2)cc1. The summed E-state index contributed by atoms with van der Waals surface area (Å²) < 4.78 is 5.75. The van der Waals surface area contributed by atoms with Crippen LogP contribution >= 0.6 is 0 Å². The number of nitrogens with one attached hydrogen (secondary N) is 2. The predicted molar refractivity (Wildman–Crippen MR) is 119 cm³/mol. The van der Waals surface area contributed by atoms with Crippen LogP contribution in [0.1, 0.15) is 43.2 Å². The van der Waals surface area contributed by atoms with Gasteiger partial charge in [0.15, 0.2) is 6.61 Å². The Bertz CT molecular complexity index is 864. The third-order valence-electron chi connectivity index (χ3n) is 7.37. The van der Waals surface area contributed by atoms with Gasteiger partial charge in [0.05, 0.1) is 0 Å². The molecule has 4 saturated carbocycles. The molecule has 1 amide bonds. The fourth-order valence-corrected chi connectivity index (χ4v) is 6.22. The standard InChI is InChI=1S/C26H32N2O2/c1-17-5-7-23(8-6-17)28-25(29)16-30-24-4-2-3-18(14-24)15-27-26-21-10-19-9-20(12-21)13-22(26)11-19/h2-8,14,19-22,26-27H,9-13,15-16H2,1H3,(H,28,29). The third-order valence-corrected chi connectivity index (χ3v) is 7.37. The average molecular weight is 405 g/mol. The lowest BCUT2D eigenvalue weighted by Crippen LogP contribution is -2.54. The molecule has 0 saturated heterocycles. The number of rotatable bonds is 7. The molecule has 0 atom stereocenters. The van der Waals surface area contributed by atoms with Gasteiger partial charge in [-0.1, -0.05) is 29.8 Å². The van der Waals surface area contributed by atoms with Crippen molar-refractivity contribution in [3.05, 3.63) is 59.7 Å². The van der Waals surface area contributed by atoms with Crippen molar-refractivity contribution in [3.63, 3.8) is 0 Å². The van der Waals surface area contributed by atoms with Crippen LogP contribution in [0.5, 0.6) is 5.75 Å². The molecule has 4 aliphatic rings. The molecule has 2 aromatic rings. The summed E-state index contributed by atoms with van der Waals surface area (Å²) in [6.07, 6.45) is 7.23. The Balaban J connectivity index is 1.12. The van der Waals surface area contributed by atoms with Gasteiger partial charge < -0.3 is 15.4 Å². The zero-order chi connectivity index (χ0) is 20.5. The molecule has 0 aromatic heterocycles. The van der Waals surface area contributed by atoms with Gasteiger partial charge in [0, 0.05) is 18.3 Å². The maximum Gasteiger partial charge on any atom is 0.262 e. The van der Waals surface area contributed by atoms with Gasteiger partial charge >= 0.3 is 0 Å². The highest BCUT2D eigenvalue weighted by atomic mass is 16.5. The number of ether oxygens (including phenoxy) is 1. The first-order valence-corrected chi connectivity index (χ1v) is 11.4. The minimum atomic E-state index is -0.143. The number of carbonyl (C=O) groups is 1. The van der Waals surface area contributed by atoms with Crippen LogP contribution in [0.25, 0.3) is 0 Å². The zero-order valence-electron chi connectivity index (χ0n) is 17.8. The lowest BCUT2D eigenvalue weighted by atomic mass is 9.54. The molecule has 2 aromatic carbocycles. The smallest absolute Gasteiger partial charge is 0.262 e. The van der Waals surface area contributed by atoms with Crippen molar-refractivity contribution in [1.82, 2.24) is 5.32 Å². The minimum Gasteiger partial charge on any atom is -0.484 e. The van der Waals surface area contributed by atoms with Crippen molar-refractivity contribution >= 4 is 11.6 Å². The Kier molecular flexibility index (Phi) is 5.51. The topological polar surface area (TPSA) is 50.4 Å². The highest BCUT2D eigenvalue weighted by Gasteiger charge is 2.47. The molecular weight excluding hydrogens is 372 g/mol. The van der Waals surface area contributed by atoms with Crippen molar-refractivity contribution < 1.29 is 9.53 Å². The number of anilines is 1. The summed E-state index contributed by atoms with van der Waals surface area (Å²) in [5, 5.41) is 6.75. The van der Waals surface area contributed by atoms with E-state index < -0.39 is 0 Å². The highest BCUT2D eigenvalue weighted by Crippen LogP contribution is 2.53. The molecule has 4 heteroatoms. The molecule has 0 aliphatic heterocycles. The number of carbonyl (C=O) groups excluding carboxylic acids is 1. The molecule has 6 rings (SSSR count). The normalized spacial score (nSPS) is 29.0. The predicted octanol–water partition coefficient (Wildman–Crippen LogP) is 4.93. The van der Waals surface area contributed by atoms with E-state index in [1.54, 1.807) is 0 Å². The van der Waals surface area contributed by atoms with E-state index >= 15 is 0 Å². The van der Waals surface area contributed by atoms with Gasteiger partial charge in [-0.25, -0.2) is 0 Å². The first kappa shape index (κ1) is 19.6. The quantitative estimate of drug-likeness (QED) is 0.688. The first-order chi connectivity index (χ1) is 14.6. The van der Waals surface area contributed by atoms with Crippen LogP contribution in [-0.4, -0.2) is 18.6 Å². The second-order valence-corrected chi connectivity index (χ2v) is 9.69. The maximum absolute atomic E-state index is 12.2. The number of aryl methyl sites for hydroxylation is 1. The Morgan fingerprint density at radius 3 is 2.37 bits per heavy atom. The average Bonchev–Trinajstić information content (AvgIpc) is 2.73. The molecule has 4 nitrogen and oxygen atoms in total. The molecule has 4 bridgehead atoms. The van der Waals surface area contributed by atoms with Gasteiger partial charge in [-0.3, -0.25) is 4.79 Å². The van der Waals surface area contributed by atoms with Crippen molar-refractivity contribution in [3.8, 4) is 5.75 Å². The highest BCUT2D eigenvalue weighted by molar-refractivity contribution is 5.91. The maximum atomic E-state index is 12.2. The Morgan fingerprint density at radius 1 is 0.967 bits per heavy atom. The molecule has 4 fully saturated rings. The Labute approximate surface area is 179 Å². The largest absolute Gasteiger partial charge is 0.484 e. The number of hydrogen-bond donors (Lipinski definition) is 2. The Hall–Kier alpha value is -2.33. The van der Waals surface area contributed by atoms with Gasteiger partial charge in [-0.2, -0.15) is 0 Å². The lowest BCUT2D eigenvalue weighted by molar-refractivity contribution is -0.118. The third kappa shape index (κ3) is 4.39. The van der Waals surface area contributed by atoms with Crippen molar-refractivity contribution in [2.24, 2.45) is 23.7 Å². The molecule has 0 heterocycles. The van der Waals surface area contributed by atoms with Crippen LogP contribution in [0.2, 0.25) is 0 Å². The van der Waals surface area contributed by atoms with Gasteiger partial charge in [-0.15, -0.1) is 0 Å². The van der Waals surface area contributed by atoms with Gasteiger partial charge in [-0.05, 0) is 92.5 Å². The van der Waals surface area contributed by atoms with Crippen molar-refractivity contribution in [2.45, 2.75) is 51.6 Å². The fourth-order valence-electron chi connectivity index (χ4n) is 6.22. The summed E-state index contributed by atoms with van der Waals surface area (Å²) in [5.41, 5.74) is 3.19. The monoisotopic (exact) mass is 404 g/mol. The number of hydrogen-bond acceptors (Lipinski definition) is 3. The zero-order valence-corrected chi connectivity index (χ0v) is 17.8. The minimum absolute atomic E-state index is 0.0142. The van der Waals surface area contributed by atoms with Crippen LogP contribution < -0.4 is 15.4 Å². The van der Waals surface area contributed by atoms with E-state index in [4.69, 9.17) is 4.74 Å². The van der Waals surface area contributed by atoms with E-state index in [-0.39, 0.29) is 12.5 Å². The second-order valence-electron chi connectivity index (χ2n) is 9.69. The van der Waals surface area contributed by atoms with Crippen molar-refractivity contribution in [1.29, 1.82) is 0 Å².